The molecule has 0 spiro atoms. The zero-order chi connectivity index (χ0) is 30.0. The minimum Gasteiger partial charge on any atom is -0.443 e. The topological polar surface area (TPSA) is 96.5 Å². The van der Waals surface area contributed by atoms with Gasteiger partial charge in [-0.05, 0) is 113 Å². The molecule has 8 nitrogen and oxygen atoms in total. The standard InChI is InChI=1S/C34H39N5O3/c1-21-10-11-25(31(40)37-27-13-14-27)19-29(21)24-12-15-30-26(18-24)20-35-32(38-30)36-22(2)16-23-8-7-9-28(17-23)39(6)33(41)42-34(3,4)5/h7-12,15,17-20,22,27H,13-14,16H2,1-6H3,(H,37,40)(H,35,36,38)/t22-/m0/s1. The minimum absolute atomic E-state index is 0.0190. The number of anilines is 2. The number of carbonyl (C=O) groups is 2. The first-order valence-corrected chi connectivity index (χ1v) is 14.5. The fraction of sp³-hybridized carbons (Fsp3) is 0.353. The normalized spacial score (nSPS) is 13.9. The summed E-state index contributed by atoms with van der Waals surface area (Å²) in [5, 5.41) is 7.40. The first-order chi connectivity index (χ1) is 19.9. The van der Waals surface area contributed by atoms with E-state index in [9.17, 15) is 9.59 Å². The first kappa shape index (κ1) is 29.0. The monoisotopic (exact) mass is 565 g/mol. The Kier molecular flexibility index (Phi) is 8.16. The molecule has 1 fully saturated rings. The van der Waals surface area contributed by atoms with Gasteiger partial charge in [0.25, 0.3) is 5.91 Å². The van der Waals surface area contributed by atoms with E-state index in [0.29, 0.717) is 17.6 Å². The maximum absolute atomic E-state index is 12.6. The lowest BCUT2D eigenvalue weighted by molar-refractivity contribution is 0.0589. The Bertz CT molecular complexity index is 1620. The highest BCUT2D eigenvalue weighted by atomic mass is 16.6. The lowest BCUT2D eigenvalue weighted by atomic mass is 9.97. The Balaban J connectivity index is 1.26. The van der Waals surface area contributed by atoms with Gasteiger partial charge in [0, 0.05) is 42.0 Å². The van der Waals surface area contributed by atoms with E-state index >= 15 is 0 Å². The van der Waals surface area contributed by atoms with Crippen LogP contribution < -0.4 is 15.5 Å². The molecule has 1 heterocycles. The van der Waals surface area contributed by atoms with Crippen LogP contribution in [-0.2, 0) is 11.2 Å². The van der Waals surface area contributed by atoms with E-state index in [1.165, 1.54) is 4.90 Å². The van der Waals surface area contributed by atoms with Crippen molar-refractivity contribution in [3.8, 4) is 11.1 Å². The Labute approximate surface area is 247 Å². The smallest absolute Gasteiger partial charge is 0.414 e. The number of amides is 2. The minimum atomic E-state index is -0.556. The van der Waals surface area contributed by atoms with Gasteiger partial charge >= 0.3 is 6.09 Å². The van der Waals surface area contributed by atoms with E-state index in [4.69, 9.17) is 9.72 Å². The second-order valence-electron chi connectivity index (χ2n) is 12.2. The molecule has 1 saturated carbocycles. The van der Waals surface area contributed by atoms with Crippen LogP contribution >= 0.6 is 0 Å². The highest BCUT2D eigenvalue weighted by Crippen LogP contribution is 2.29. The van der Waals surface area contributed by atoms with Gasteiger partial charge in [0.1, 0.15) is 5.60 Å². The van der Waals surface area contributed by atoms with E-state index in [2.05, 4.69) is 35.5 Å². The maximum atomic E-state index is 12.6. The fourth-order valence-corrected chi connectivity index (χ4v) is 4.79. The number of aryl methyl sites for hydroxylation is 1. The van der Waals surface area contributed by atoms with E-state index in [1.807, 2.05) is 81.6 Å². The molecule has 1 aromatic heterocycles. The van der Waals surface area contributed by atoms with Crippen LogP contribution in [0.5, 0.6) is 0 Å². The molecule has 3 aromatic carbocycles. The number of hydrogen-bond acceptors (Lipinski definition) is 6. The number of aromatic nitrogens is 2. The number of nitrogens with zero attached hydrogens (tertiary/aromatic N) is 3. The molecular formula is C34H39N5O3. The molecule has 0 aliphatic heterocycles. The van der Waals surface area contributed by atoms with E-state index in [1.54, 1.807) is 7.05 Å². The van der Waals surface area contributed by atoms with Gasteiger partial charge in [0.05, 0.1) is 5.52 Å². The van der Waals surface area contributed by atoms with Crippen molar-refractivity contribution in [2.24, 2.45) is 0 Å². The van der Waals surface area contributed by atoms with Crippen LogP contribution in [0.2, 0.25) is 0 Å². The molecule has 8 heteroatoms. The number of ether oxygens (including phenoxy) is 1. The van der Waals surface area contributed by atoms with Crippen molar-refractivity contribution in [1.82, 2.24) is 15.3 Å². The Hall–Kier alpha value is -4.46. The average Bonchev–Trinajstić information content (AvgIpc) is 3.75. The summed E-state index contributed by atoms with van der Waals surface area (Å²) in [5.74, 6) is 0.536. The Morgan fingerprint density at radius 3 is 2.60 bits per heavy atom. The van der Waals surface area contributed by atoms with Gasteiger partial charge in [-0.3, -0.25) is 9.69 Å². The van der Waals surface area contributed by atoms with Gasteiger partial charge in [-0.2, -0.15) is 0 Å². The van der Waals surface area contributed by atoms with Gasteiger partial charge in [-0.1, -0.05) is 24.3 Å². The Morgan fingerprint density at radius 1 is 1.07 bits per heavy atom. The summed E-state index contributed by atoms with van der Waals surface area (Å²) in [4.78, 5) is 35.9. The van der Waals surface area contributed by atoms with Crippen LogP contribution in [0.4, 0.5) is 16.4 Å². The lowest BCUT2D eigenvalue weighted by Crippen LogP contribution is -2.34. The molecule has 0 saturated heterocycles. The fourth-order valence-electron chi connectivity index (χ4n) is 4.79. The van der Waals surface area contributed by atoms with Gasteiger partial charge in [-0.15, -0.1) is 0 Å². The molecular weight excluding hydrogens is 526 g/mol. The van der Waals surface area contributed by atoms with Gasteiger partial charge in [0.2, 0.25) is 5.95 Å². The van der Waals surface area contributed by atoms with Crippen LogP contribution in [0.1, 0.15) is 62.0 Å². The van der Waals surface area contributed by atoms with Crippen LogP contribution in [0, 0.1) is 6.92 Å². The highest BCUT2D eigenvalue weighted by Gasteiger charge is 2.24. The average molecular weight is 566 g/mol. The van der Waals surface area contributed by atoms with Gasteiger partial charge in [-0.25, -0.2) is 14.8 Å². The molecule has 2 amide bonds. The molecule has 0 bridgehead atoms. The van der Waals surface area contributed by atoms with Gasteiger partial charge in [0.15, 0.2) is 0 Å². The summed E-state index contributed by atoms with van der Waals surface area (Å²) in [6, 6.07) is 20.2. The zero-order valence-electron chi connectivity index (χ0n) is 25.2. The first-order valence-electron chi connectivity index (χ1n) is 14.5. The highest BCUT2D eigenvalue weighted by molar-refractivity contribution is 5.96. The molecule has 5 rings (SSSR count). The third-order valence-electron chi connectivity index (χ3n) is 7.19. The second kappa shape index (κ2) is 11.8. The predicted octanol–water partition coefficient (Wildman–Crippen LogP) is 6.91. The molecule has 4 aromatic rings. The predicted molar refractivity (Wildman–Crippen MR) is 168 cm³/mol. The van der Waals surface area contributed by atoms with Crippen LogP contribution in [0.25, 0.3) is 22.0 Å². The number of benzene rings is 3. The van der Waals surface area contributed by atoms with Crippen LogP contribution in [-0.4, -0.2) is 46.7 Å². The number of carbonyl (C=O) groups excluding carboxylic acids is 2. The van der Waals surface area contributed by atoms with E-state index in [0.717, 1.165) is 58.1 Å². The SMILES string of the molecule is Cc1ccc(C(=O)NC2CC2)cc1-c1ccc2nc(N[C@@H](C)Cc3cccc(N(C)C(=O)OC(C)(C)C)c3)ncc2c1. The quantitative estimate of drug-likeness (QED) is 0.241. The molecule has 1 aliphatic rings. The summed E-state index contributed by atoms with van der Waals surface area (Å²) in [5.41, 5.74) is 5.96. The third-order valence-corrected chi connectivity index (χ3v) is 7.19. The molecule has 42 heavy (non-hydrogen) atoms. The molecule has 1 aliphatic carbocycles. The van der Waals surface area contributed by atoms with Crippen molar-refractivity contribution in [3.63, 3.8) is 0 Å². The summed E-state index contributed by atoms with van der Waals surface area (Å²) in [6.07, 6.45) is 4.29. The summed E-state index contributed by atoms with van der Waals surface area (Å²) >= 11 is 0. The maximum Gasteiger partial charge on any atom is 0.414 e. The summed E-state index contributed by atoms with van der Waals surface area (Å²) in [7, 11) is 1.72. The lowest BCUT2D eigenvalue weighted by Gasteiger charge is -2.25. The van der Waals surface area contributed by atoms with Crippen LogP contribution in [0.3, 0.4) is 0 Å². The van der Waals surface area contributed by atoms with E-state index < -0.39 is 5.60 Å². The molecule has 0 unspecified atom stereocenters. The summed E-state index contributed by atoms with van der Waals surface area (Å²) < 4.78 is 5.50. The van der Waals surface area contributed by atoms with Crippen molar-refractivity contribution in [2.45, 2.75) is 71.6 Å². The molecule has 218 valence electrons. The second-order valence-corrected chi connectivity index (χ2v) is 12.2. The van der Waals surface area contributed by atoms with Gasteiger partial charge < -0.3 is 15.4 Å². The van der Waals surface area contributed by atoms with Crippen molar-refractivity contribution < 1.29 is 14.3 Å². The summed E-state index contributed by atoms with van der Waals surface area (Å²) in [6.45, 7) is 9.70. The van der Waals surface area contributed by atoms with Crippen molar-refractivity contribution in [2.75, 3.05) is 17.3 Å². The molecule has 2 N–H and O–H groups in total. The van der Waals surface area contributed by atoms with Crippen molar-refractivity contribution in [1.29, 1.82) is 0 Å². The zero-order valence-corrected chi connectivity index (χ0v) is 25.2. The van der Waals surface area contributed by atoms with Crippen molar-refractivity contribution in [3.05, 3.63) is 83.6 Å². The largest absolute Gasteiger partial charge is 0.443 e. The molecule has 1 atom stereocenters. The number of hydrogen-bond donors (Lipinski definition) is 2. The van der Waals surface area contributed by atoms with E-state index in [-0.39, 0.29) is 18.0 Å². The third kappa shape index (κ3) is 7.24. The number of rotatable bonds is 8. The molecule has 0 radical (unpaired) electrons. The Morgan fingerprint density at radius 2 is 1.86 bits per heavy atom. The van der Waals surface area contributed by atoms with Crippen LogP contribution in [0.15, 0.2) is 66.9 Å². The number of nitrogens with one attached hydrogen (secondary N) is 2. The number of fused-ring (bicyclic) bond motifs is 1. The van der Waals surface area contributed by atoms with Crippen molar-refractivity contribution >= 4 is 34.5 Å².